The molecule has 0 radical (unpaired) electrons. The molecule has 6 nitrogen and oxygen atoms in total. The smallest absolute Gasteiger partial charge is 0.201 e. The Bertz CT molecular complexity index is 1220. The lowest BCUT2D eigenvalue weighted by Crippen LogP contribution is -2.24. The summed E-state index contributed by atoms with van der Waals surface area (Å²) in [5, 5.41) is 10.3. The molecule has 31 heavy (non-hydrogen) atoms. The molecule has 2 aromatic carbocycles. The van der Waals surface area contributed by atoms with E-state index in [1.807, 2.05) is 50.4 Å². The zero-order valence-corrected chi connectivity index (χ0v) is 19.0. The van der Waals surface area contributed by atoms with Crippen LogP contribution in [-0.2, 0) is 17.3 Å². The summed E-state index contributed by atoms with van der Waals surface area (Å²) in [5.41, 5.74) is 4.67. The molecule has 0 fully saturated rings. The fraction of sp³-hybridized carbons (Fsp3) is 0.304. The summed E-state index contributed by atoms with van der Waals surface area (Å²) < 4.78 is 30.8. The third-order valence-electron chi connectivity index (χ3n) is 5.25. The molecule has 1 heterocycles. The van der Waals surface area contributed by atoms with Crippen molar-refractivity contribution in [2.75, 3.05) is 0 Å². The van der Waals surface area contributed by atoms with Gasteiger partial charge in [-0.25, -0.2) is 18.1 Å². The molecule has 1 atom stereocenters. The number of aromatic nitrogens is 1. The van der Waals surface area contributed by atoms with Gasteiger partial charge >= 0.3 is 0 Å². The van der Waals surface area contributed by atoms with Gasteiger partial charge in [-0.3, -0.25) is 0 Å². The first-order valence-electron chi connectivity index (χ1n) is 10.2. The number of nitrogens with one attached hydrogen (secondary N) is 1. The molecule has 160 valence electrons. The predicted molar refractivity (Wildman–Crippen MR) is 123 cm³/mol. The third-order valence-corrected chi connectivity index (χ3v) is 6.85. The van der Waals surface area contributed by atoms with Crippen molar-refractivity contribution in [3.05, 3.63) is 59.3 Å². The van der Waals surface area contributed by atoms with Gasteiger partial charge in [0.15, 0.2) is 0 Å². The number of nitrogens with zero attached hydrogens (tertiary/aromatic N) is 2. The van der Waals surface area contributed by atoms with Gasteiger partial charge in [-0.05, 0) is 68.0 Å². The fourth-order valence-electron chi connectivity index (χ4n) is 3.98. The molecule has 0 spiro atoms. The van der Waals surface area contributed by atoms with Crippen molar-refractivity contribution in [2.45, 2.75) is 45.3 Å². The summed E-state index contributed by atoms with van der Waals surface area (Å²) in [7, 11) is -2.65. The van der Waals surface area contributed by atoms with Gasteiger partial charge < -0.3 is 4.74 Å². The zero-order chi connectivity index (χ0) is 22.0. The lowest BCUT2D eigenvalue weighted by molar-refractivity contribution is 0.242. The molecule has 1 aliphatic rings. The van der Waals surface area contributed by atoms with Crippen molar-refractivity contribution in [1.29, 1.82) is 5.26 Å². The highest BCUT2D eigenvalue weighted by Crippen LogP contribution is 2.40. The Labute approximate surface area is 187 Å². The van der Waals surface area contributed by atoms with Crippen LogP contribution in [0.15, 0.2) is 42.6 Å². The van der Waals surface area contributed by atoms with Gasteiger partial charge in [0.1, 0.15) is 16.8 Å². The summed E-state index contributed by atoms with van der Waals surface area (Å²) in [4.78, 5) is 5.63. The Hall–Kier alpha value is -2.73. The number of nitriles is 1. The van der Waals surface area contributed by atoms with Gasteiger partial charge in [0.05, 0.1) is 16.5 Å². The van der Waals surface area contributed by atoms with E-state index in [0.717, 1.165) is 45.8 Å². The Morgan fingerprint density at radius 3 is 2.87 bits per heavy atom. The summed E-state index contributed by atoms with van der Waals surface area (Å²) in [5.74, 6) is 0.574. The molecular weight excluding hydrogens is 430 g/mol. The Kier molecular flexibility index (Phi) is 6.37. The van der Waals surface area contributed by atoms with E-state index >= 15 is 0 Å². The van der Waals surface area contributed by atoms with E-state index < -0.39 is 10.9 Å². The minimum absolute atomic E-state index is 0.00765. The molecule has 0 aliphatic heterocycles. The van der Waals surface area contributed by atoms with E-state index in [-0.39, 0.29) is 12.1 Å². The maximum absolute atomic E-state index is 11.2. The lowest BCUT2D eigenvalue weighted by atomic mass is 9.85. The van der Waals surface area contributed by atoms with Gasteiger partial charge in [0, 0.05) is 17.8 Å². The fourth-order valence-corrected chi connectivity index (χ4v) is 5.47. The molecule has 0 amide bonds. The minimum atomic E-state index is -2.65. The zero-order valence-electron chi connectivity index (χ0n) is 17.3. The average Bonchev–Trinajstić information content (AvgIpc) is 3.23. The van der Waals surface area contributed by atoms with Crippen LogP contribution < -0.4 is 9.46 Å². The van der Waals surface area contributed by atoms with Gasteiger partial charge in [-0.15, -0.1) is 11.3 Å². The molecule has 1 N–H and O–H groups in total. The second-order valence-corrected chi connectivity index (χ2v) is 9.53. The second kappa shape index (κ2) is 9.18. The quantitative estimate of drug-likeness (QED) is 0.531. The van der Waals surface area contributed by atoms with Crippen molar-refractivity contribution in [1.82, 2.24) is 9.71 Å². The van der Waals surface area contributed by atoms with E-state index in [1.165, 1.54) is 5.56 Å². The first kappa shape index (κ1) is 21.5. The van der Waals surface area contributed by atoms with Crippen LogP contribution >= 0.6 is 11.3 Å². The summed E-state index contributed by atoms with van der Waals surface area (Å²) in [6.07, 6.45) is 4.48. The van der Waals surface area contributed by atoms with Crippen molar-refractivity contribution in [3.8, 4) is 32.8 Å². The maximum Gasteiger partial charge on any atom is 0.201 e. The number of thiol groups is 1. The molecule has 3 aromatic rings. The maximum atomic E-state index is 11.2. The van der Waals surface area contributed by atoms with Gasteiger partial charge in [0.2, 0.25) is 10.9 Å². The second-order valence-electron chi connectivity index (χ2n) is 7.72. The van der Waals surface area contributed by atoms with Crippen LogP contribution in [0.5, 0.6) is 5.75 Å². The summed E-state index contributed by atoms with van der Waals surface area (Å²) in [6, 6.07) is 13.6. The standard InChI is InChI=1S/C23H23N3O3S2/c1-14(2)29-21-10-9-15(11-16(21)12-24)23-25-13-22(30-23)19-7-3-6-18-17(19)5-4-8-20(18)26-31(27)28/h3,6-7,9-11,13-14,20,31H,4-5,8H2,1-2H3,(H,26,27,28). The Morgan fingerprint density at radius 2 is 2.13 bits per heavy atom. The molecular formula is C23H23N3O3S2. The molecule has 4 rings (SSSR count). The number of rotatable bonds is 6. The largest absolute Gasteiger partial charge is 0.490 e. The predicted octanol–water partition coefficient (Wildman–Crippen LogP) is 4.63. The highest BCUT2D eigenvalue weighted by atomic mass is 32.2. The Balaban J connectivity index is 1.68. The first-order chi connectivity index (χ1) is 15.0. The average molecular weight is 454 g/mol. The molecule has 1 aliphatic carbocycles. The van der Waals surface area contributed by atoms with Crippen LogP contribution in [-0.4, -0.2) is 19.5 Å². The SMILES string of the molecule is CC(C)Oc1ccc(-c2ncc(-c3cccc4c3CCCC4N[SH](=O)=O)s2)cc1C#N. The van der Waals surface area contributed by atoms with Crippen LogP contribution in [0, 0.1) is 11.3 Å². The number of fused-ring (bicyclic) bond motifs is 1. The van der Waals surface area contributed by atoms with Crippen LogP contribution in [0.4, 0.5) is 0 Å². The summed E-state index contributed by atoms with van der Waals surface area (Å²) >= 11 is 1.56. The minimum Gasteiger partial charge on any atom is -0.490 e. The number of ether oxygens (including phenoxy) is 1. The highest BCUT2D eigenvalue weighted by molar-refractivity contribution is 7.70. The molecule has 8 heteroatoms. The molecule has 1 aromatic heterocycles. The Morgan fingerprint density at radius 1 is 1.29 bits per heavy atom. The van der Waals surface area contributed by atoms with E-state index in [4.69, 9.17) is 4.74 Å². The normalized spacial score (nSPS) is 15.6. The topological polar surface area (TPSA) is 92.1 Å². The van der Waals surface area contributed by atoms with Crippen molar-refractivity contribution < 1.29 is 13.2 Å². The van der Waals surface area contributed by atoms with E-state index in [0.29, 0.717) is 11.3 Å². The van der Waals surface area contributed by atoms with Crippen molar-refractivity contribution in [2.24, 2.45) is 0 Å². The molecule has 1 unspecified atom stereocenters. The monoisotopic (exact) mass is 453 g/mol. The van der Waals surface area contributed by atoms with Crippen LogP contribution in [0.1, 0.15) is 49.4 Å². The first-order valence-corrected chi connectivity index (χ1v) is 12.2. The van der Waals surface area contributed by atoms with Crippen LogP contribution in [0.25, 0.3) is 21.0 Å². The van der Waals surface area contributed by atoms with Crippen LogP contribution in [0.2, 0.25) is 0 Å². The highest BCUT2D eigenvalue weighted by Gasteiger charge is 2.23. The third kappa shape index (κ3) is 4.64. The van der Waals surface area contributed by atoms with Gasteiger partial charge in [0.25, 0.3) is 0 Å². The van der Waals surface area contributed by atoms with E-state index in [2.05, 4.69) is 21.8 Å². The molecule has 0 bridgehead atoms. The number of thiazole rings is 1. The number of hydrogen-bond donors (Lipinski definition) is 2. The molecule has 0 saturated carbocycles. The van der Waals surface area contributed by atoms with Crippen LogP contribution in [0.3, 0.4) is 0 Å². The van der Waals surface area contributed by atoms with E-state index in [9.17, 15) is 13.7 Å². The number of hydrogen-bond acceptors (Lipinski definition) is 6. The molecule has 0 saturated heterocycles. The van der Waals surface area contributed by atoms with Gasteiger partial charge in [-0.2, -0.15) is 5.26 Å². The van der Waals surface area contributed by atoms with Gasteiger partial charge in [-0.1, -0.05) is 18.2 Å². The van der Waals surface area contributed by atoms with Crippen molar-refractivity contribution in [3.63, 3.8) is 0 Å². The lowest BCUT2D eigenvalue weighted by Gasteiger charge is -2.26. The number of benzene rings is 2. The van der Waals surface area contributed by atoms with Crippen molar-refractivity contribution >= 4 is 22.2 Å². The summed E-state index contributed by atoms with van der Waals surface area (Å²) in [6.45, 7) is 3.86. The van der Waals surface area contributed by atoms with E-state index in [1.54, 1.807) is 11.3 Å².